The second-order valence-corrected chi connectivity index (χ2v) is 7.89. The normalized spacial score (nSPS) is 12.9. The molecule has 0 radical (unpaired) electrons. The highest BCUT2D eigenvalue weighted by Gasteiger charge is 2.25. The van der Waals surface area contributed by atoms with Gasteiger partial charge in [-0.2, -0.15) is 0 Å². The Hall–Kier alpha value is -3.94. The number of imidazole rings is 1. The zero-order valence-electron chi connectivity index (χ0n) is 18.0. The smallest absolute Gasteiger partial charge is 0.251 e. The van der Waals surface area contributed by atoms with Crippen molar-refractivity contribution in [1.29, 1.82) is 0 Å². The summed E-state index contributed by atoms with van der Waals surface area (Å²) in [5, 5.41) is 5.68. The van der Waals surface area contributed by atoms with Gasteiger partial charge in [-0.25, -0.2) is 4.98 Å². The van der Waals surface area contributed by atoms with Gasteiger partial charge in [0.1, 0.15) is 11.6 Å². The molecule has 0 aliphatic heterocycles. The van der Waals surface area contributed by atoms with Crippen LogP contribution in [0.4, 0.5) is 5.82 Å². The predicted octanol–water partition coefficient (Wildman–Crippen LogP) is 2.84. The van der Waals surface area contributed by atoms with Crippen LogP contribution in [0.2, 0.25) is 0 Å². The Morgan fingerprint density at radius 3 is 2.50 bits per heavy atom. The molecule has 5 N–H and O–H groups in total. The van der Waals surface area contributed by atoms with E-state index in [0.717, 1.165) is 18.4 Å². The molecule has 4 rings (SSSR count). The van der Waals surface area contributed by atoms with Crippen LogP contribution in [-0.2, 0) is 0 Å². The fourth-order valence-electron chi connectivity index (χ4n) is 3.40. The Morgan fingerprint density at radius 1 is 1.06 bits per heavy atom. The Morgan fingerprint density at radius 2 is 1.78 bits per heavy atom. The number of nitrogens with two attached hydrogens (primary N) is 1. The molecule has 3 aromatic rings. The highest BCUT2D eigenvalue weighted by atomic mass is 16.2. The fourth-order valence-corrected chi connectivity index (χ4v) is 3.40. The molecule has 1 aliphatic carbocycles. The van der Waals surface area contributed by atoms with Crippen LogP contribution in [0.3, 0.4) is 0 Å². The van der Waals surface area contributed by atoms with Crippen LogP contribution in [0.25, 0.3) is 11.4 Å². The molecule has 1 fully saturated rings. The number of carbonyl (C=O) groups is 3. The molecule has 1 saturated carbocycles. The first-order chi connectivity index (χ1) is 15.4. The van der Waals surface area contributed by atoms with Crippen molar-refractivity contribution in [2.45, 2.75) is 32.7 Å². The third kappa shape index (κ3) is 4.39. The number of H-pyrrole nitrogens is 1. The third-order valence-corrected chi connectivity index (χ3v) is 5.34. The molecule has 0 unspecified atom stereocenters. The van der Waals surface area contributed by atoms with Crippen LogP contribution in [0, 0.1) is 6.92 Å². The van der Waals surface area contributed by atoms with Gasteiger partial charge >= 0.3 is 0 Å². The first kappa shape index (κ1) is 21.3. The zero-order chi connectivity index (χ0) is 22.8. The molecule has 1 aliphatic rings. The van der Waals surface area contributed by atoms with E-state index in [1.54, 1.807) is 30.3 Å². The molecule has 32 heavy (non-hydrogen) atoms. The Bertz CT molecular complexity index is 1210. The van der Waals surface area contributed by atoms with E-state index >= 15 is 0 Å². The van der Waals surface area contributed by atoms with E-state index in [-0.39, 0.29) is 29.4 Å². The molecule has 2 aromatic carbocycles. The minimum Gasteiger partial charge on any atom is -0.383 e. The number of amides is 2. The zero-order valence-corrected chi connectivity index (χ0v) is 18.0. The SMILES string of the molecule is CCNC(=O)c1cccc(C(=O)c2nc(-c3cc(C(=O)NC4CC4)ccc3C)[nH]c2N)c1. The number of aromatic nitrogens is 2. The number of hydrogen-bond donors (Lipinski definition) is 4. The largest absolute Gasteiger partial charge is 0.383 e. The Kier molecular flexibility index (Phi) is 5.77. The number of carbonyl (C=O) groups excluding carboxylic acids is 3. The van der Waals surface area contributed by atoms with E-state index in [2.05, 4.69) is 20.6 Å². The maximum Gasteiger partial charge on any atom is 0.251 e. The molecule has 8 heteroatoms. The van der Waals surface area contributed by atoms with Crippen LogP contribution < -0.4 is 16.4 Å². The van der Waals surface area contributed by atoms with Crippen molar-refractivity contribution in [3.63, 3.8) is 0 Å². The quantitative estimate of drug-likeness (QED) is 0.428. The maximum atomic E-state index is 13.1. The highest BCUT2D eigenvalue weighted by Crippen LogP contribution is 2.26. The summed E-state index contributed by atoms with van der Waals surface area (Å²) < 4.78 is 0. The van der Waals surface area contributed by atoms with Crippen LogP contribution in [-0.4, -0.2) is 40.2 Å². The molecule has 164 valence electrons. The molecule has 8 nitrogen and oxygen atoms in total. The molecule has 1 heterocycles. The van der Waals surface area contributed by atoms with Gasteiger partial charge in [-0.15, -0.1) is 0 Å². The van der Waals surface area contributed by atoms with Gasteiger partial charge in [0.05, 0.1) is 0 Å². The lowest BCUT2D eigenvalue weighted by Crippen LogP contribution is -2.25. The molecule has 2 amide bonds. The average Bonchev–Trinajstić information content (AvgIpc) is 3.52. The summed E-state index contributed by atoms with van der Waals surface area (Å²) in [5.74, 6) is -0.247. The molecular formula is C24H25N5O3. The Labute approximate surface area is 185 Å². The lowest BCUT2D eigenvalue weighted by molar-refractivity contribution is 0.0944. The van der Waals surface area contributed by atoms with Crippen LogP contribution >= 0.6 is 0 Å². The summed E-state index contributed by atoms with van der Waals surface area (Å²) in [4.78, 5) is 45.0. The molecule has 1 aromatic heterocycles. The molecular weight excluding hydrogens is 406 g/mol. The first-order valence-corrected chi connectivity index (χ1v) is 10.6. The minimum atomic E-state index is -0.392. The van der Waals surface area contributed by atoms with Crippen molar-refractivity contribution in [2.24, 2.45) is 0 Å². The van der Waals surface area contributed by atoms with Crippen molar-refractivity contribution < 1.29 is 14.4 Å². The van der Waals surface area contributed by atoms with E-state index in [1.807, 2.05) is 19.9 Å². The van der Waals surface area contributed by atoms with E-state index in [9.17, 15) is 14.4 Å². The number of rotatable bonds is 7. The number of anilines is 1. The van der Waals surface area contributed by atoms with Crippen molar-refractivity contribution in [3.05, 3.63) is 70.4 Å². The fraction of sp³-hybridized carbons (Fsp3) is 0.250. The summed E-state index contributed by atoms with van der Waals surface area (Å²) in [6, 6.07) is 12.0. The summed E-state index contributed by atoms with van der Waals surface area (Å²) in [6.07, 6.45) is 2.01. The molecule has 0 saturated heterocycles. The second-order valence-electron chi connectivity index (χ2n) is 7.89. The third-order valence-electron chi connectivity index (χ3n) is 5.34. The highest BCUT2D eigenvalue weighted by molar-refractivity contribution is 6.11. The van der Waals surface area contributed by atoms with E-state index in [1.165, 1.54) is 6.07 Å². The van der Waals surface area contributed by atoms with Gasteiger partial charge in [0, 0.05) is 34.8 Å². The lowest BCUT2D eigenvalue weighted by atomic mass is 10.0. The molecule has 0 bridgehead atoms. The number of ketones is 1. The van der Waals surface area contributed by atoms with Crippen molar-refractivity contribution in [3.8, 4) is 11.4 Å². The first-order valence-electron chi connectivity index (χ1n) is 10.6. The number of aryl methyl sites for hydroxylation is 1. The summed E-state index contributed by atoms with van der Waals surface area (Å²) in [7, 11) is 0. The summed E-state index contributed by atoms with van der Waals surface area (Å²) in [5.41, 5.74) is 8.96. The molecule has 0 atom stereocenters. The standard InChI is InChI=1S/C24H25N5O3/c1-3-26-23(31)15-6-4-5-14(11-15)20(30)19-21(25)29-22(28-19)18-12-16(8-7-13(18)2)24(32)27-17-9-10-17/h4-8,11-12,17H,3,9-10,25H2,1-2H3,(H,26,31)(H,27,32)(H,28,29). The van der Waals surface area contributed by atoms with Gasteiger partial charge in [0.2, 0.25) is 5.78 Å². The van der Waals surface area contributed by atoms with Gasteiger partial charge < -0.3 is 21.4 Å². The number of nitrogens with one attached hydrogen (secondary N) is 3. The lowest BCUT2D eigenvalue weighted by Gasteiger charge is -2.07. The van der Waals surface area contributed by atoms with Gasteiger partial charge in [0.15, 0.2) is 5.69 Å². The topological polar surface area (TPSA) is 130 Å². The Balaban J connectivity index is 1.63. The number of nitrogens with zero attached hydrogens (tertiary/aromatic N) is 1. The number of benzene rings is 2. The predicted molar refractivity (Wildman–Crippen MR) is 122 cm³/mol. The van der Waals surface area contributed by atoms with Crippen molar-refractivity contribution in [1.82, 2.24) is 20.6 Å². The van der Waals surface area contributed by atoms with E-state index in [0.29, 0.717) is 34.6 Å². The van der Waals surface area contributed by atoms with Crippen molar-refractivity contribution in [2.75, 3.05) is 12.3 Å². The van der Waals surface area contributed by atoms with Gasteiger partial charge in [0.25, 0.3) is 11.8 Å². The second kappa shape index (κ2) is 8.66. The van der Waals surface area contributed by atoms with Crippen molar-refractivity contribution >= 4 is 23.4 Å². The maximum absolute atomic E-state index is 13.1. The van der Waals surface area contributed by atoms with Gasteiger partial charge in [-0.05, 0) is 56.5 Å². The monoisotopic (exact) mass is 431 g/mol. The average molecular weight is 431 g/mol. The van der Waals surface area contributed by atoms with Gasteiger partial charge in [-0.3, -0.25) is 14.4 Å². The van der Waals surface area contributed by atoms with E-state index < -0.39 is 5.78 Å². The molecule has 0 spiro atoms. The van der Waals surface area contributed by atoms with Gasteiger partial charge in [-0.1, -0.05) is 18.2 Å². The number of aromatic amines is 1. The summed E-state index contributed by atoms with van der Waals surface area (Å²) in [6.45, 7) is 4.21. The van der Waals surface area contributed by atoms with E-state index in [4.69, 9.17) is 5.73 Å². The summed E-state index contributed by atoms with van der Waals surface area (Å²) >= 11 is 0. The van der Waals surface area contributed by atoms with Crippen LogP contribution in [0.15, 0.2) is 42.5 Å². The number of hydrogen-bond acceptors (Lipinski definition) is 5. The van der Waals surface area contributed by atoms with Crippen LogP contribution in [0.5, 0.6) is 0 Å². The minimum absolute atomic E-state index is 0.0697. The number of nitrogen functional groups attached to an aromatic ring is 1. The van der Waals surface area contributed by atoms with Crippen LogP contribution in [0.1, 0.15) is 62.1 Å².